The molecule has 1 aromatic rings. The van der Waals surface area contributed by atoms with Crippen molar-refractivity contribution in [3.63, 3.8) is 0 Å². The van der Waals surface area contributed by atoms with E-state index in [1.807, 2.05) is 0 Å². The Bertz CT molecular complexity index is 653. The number of benzene rings is 1. The molecule has 1 unspecified atom stereocenters. The molecule has 2 heterocycles. The monoisotopic (exact) mass is 341 g/mol. The molecule has 8 heteroatoms. The van der Waals surface area contributed by atoms with E-state index in [1.165, 1.54) is 11.0 Å². The van der Waals surface area contributed by atoms with E-state index in [2.05, 4.69) is 0 Å². The maximum atomic E-state index is 13.4. The van der Waals surface area contributed by atoms with Crippen LogP contribution in [0.15, 0.2) is 18.2 Å². The number of ether oxygens (including phenoxy) is 2. The minimum atomic E-state index is -1.08. The minimum Gasteiger partial charge on any atom is -0.479 e. The zero-order valence-electron chi connectivity index (χ0n) is 12.8. The number of halogens is 2. The van der Waals surface area contributed by atoms with Crippen molar-refractivity contribution < 1.29 is 33.0 Å². The number of carbonyl (C=O) groups excluding carboxylic acids is 1. The number of carboxylic acids is 1. The molecule has 3 atom stereocenters. The maximum absolute atomic E-state index is 13.4. The van der Waals surface area contributed by atoms with Crippen molar-refractivity contribution in [3.8, 4) is 0 Å². The zero-order valence-corrected chi connectivity index (χ0v) is 12.8. The molecule has 0 radical (unpaired) electrons. The Hall–Kier alpha value is -2.06. The molecule has 130 valence electrons. The Morgan fingerprint density at radius 3 is 2.58 bits per heavy atom. The minimum absolute atomic E-state index is 0.182. The predicted molar refractivity (Wildman–Crippen MR) is 77.2 cm³/mol. The van der Waals surface area contributed by atoms with Crippen LogP contribution in [0, 0.1) is 11.6 Å². The third-order valence-electron chi connectivity index (χ3n) is 4.26. The van der Waals surface area contributed by atoms with E-state index in [9.17, 15) is 18.4 Å². The molecule has 1 aromatic carbocycles. The first-order valence-corrected chi connectivity index (χ1v) is 7.69. The first-order chi connectivity index (χ1) is 11.5. The predicted octanol–water partition coefficient (Wildman–Crippen LogP) is 1.50. The third kappa shape index (κ3) is 3.39. The molecule has 1 N–H and O–H groups in total. The summed E-state index contributed by atoms with van der Waals surface area (Å²) >= 11 is 0. The van der Waals surface area contributed by atoms with Gasteiger partial charge in [-0.15, -0.1) is 0 Å². The summed E-state index contributed by atoms with van der Waals surface area (Å²) in [5.41, 5.74) is 0.446. The Morgan fingerprint density at radius 1 is 1.17 bits per heavy atom. The largest absolute Gasteiger partial charge is 0.479 e. The summed E-state index contributed by atoms with van der Waals surface area (Å²) in [4.78, 5) is 24.9. The van der Waals surface area contributed by atoms with Gasteiger partial charge in [0.1, 0.15) is 12.2 Å². The average Bonchev–Trinajstić information content (AvgIpc) is 3.07. The lowest BCUT2D eigenvalue weighted by atomic mass is 10.1. The van der Waals surface area contributed by atoms with Crippen LogP contribution in [-0.2, 0) is 19.1 Å². The molecular weight excluding hydrogens is 324 g/mol. The molecule has 2 aliphatic heterocycles. The molecule has 2 saturated heterocycles. The van der Waals surface area contributed by atoms with E-state index < -0.39 is 35.9 Å². The average molecular weight is 341 g/mol. The summed E-state index contributed by atoms with van der Waals surface area (Å²) in [6.07, 6.45) is -1.66. The summed E-state index contributed by atoms with van der Waals surface area (Å²) < 4.78 is 37.2. The Balaban J connectivity index is 1.66. The topological polar surface area (TPSA) is 76.1 Å². The number of carboxylic acid groups (broad SMARTS) is 1. The van der Waals surface area contributed by atoms with Gasteiger partial charge in [-0.1, -0.05) is 6.07 Å². The maximum Gasteiger partial charge on any atom is 0.332 e. The summed E-state index contributed by atoms with van der Waals surface area (Å²) in [5, 5.41) is 8.93. The van der Waals surface area contributed by atoms with Gasteiger partial charge in [-0.2, -0.15) is 0 Å². The number of rotatable bonds is 3. The molecule has 2 fully saturated rings. The quantitative estimate of drug-likeness (QED) is 0.902. The second-order valence-electron chi connectivity index (χ2n) is 5.85. The van der Waals surface area contributed by atoms with Gasteiger partial charge >= 0.3 is 5.97 Å². The Kier molecular flexibility index (Phi) is 4.77. The lowest BCUT2D eigenvalue weighted by molar-refractivity contribution is -0.158. The fourth-order valence-electron chi connectivity index (χ4n) is 2.97. The number of hydrogen-bond donors (Lipinski definition) is 1. The normalized spacial score (nSPS) is 27.2. The first-order valence-electron chi connectivity index (χ1n) is 7.69. The molecule has 0 saturated carbocycles. The van der Waals surface area contributed by atoms with Crippen LogP contribution in [0.4, 0.5) is 8.78 Å². The molecule has 6 nitrogen and oxygen atoms in total. The van der Waals surface area contributed by atoms with Crippen molar-refractivity contribution in [2.75, 3.05) is 19.7 Å². The van der Waals surface area contributed by atoms with Gasteiger partial charge in [0.05, 0.1) is 13.2 Å². The number of morpholine rings is 1. The van der Waals surface area contributed by atoms with Gasteiger partial charge in [0.2, 0.25) is 0 Å². The van der Waals surface area contributed by atoms with Gasteiger partial charge in [0, 0.05) is 6.54 Å². The smallest absolute Gasteiger partial charge is 0.332 e. The lowest BCUT2D eigenvalue weighted by Crippen LogP contribution is -2.46. The molecule has 0 aliphatic carbocycles. The van der Waals surface area contributed by atoms with Crippen LogP contribution >= 0.6 is 0 Å². The molecule has 2 aliphatic rings. The molecular formula is C16H17F2NO5. The highest BCUT2D eigenvalue weighted by molar-refractivity contribution is 5.82. The number of aliphatic carboxylic acids is 1. The van der Waals surface area contributed by atoms with Crippen molar-refractivity contribution in [2.24, 2.45) is 0 Å². The molecule has 0 bridgehead atoms. The van der Waals surface area contributed by atoms with E-state index in [0.717, 1.165) is 12.1 Å². The molecule has 24 heavy (non-hydrogen) atoms. The van der Waals surface area contributed by atoms with E-state index >= 15 is 0 Å². The molecule has 0 aromatic heterocycles. The number of amides is 1. The van der Waals surface area contributed by atoms with E-state index in [1.54, 1.807) is 0 Å². The van der Waals surface area contributed by atoms with Gasteiger partial charge in [0.25, 0.3) is 5.91 Å². The van der Waals surface area contributed by atoms with E-state index in [-0.39, 0.29) is 19.1 Å². The molecule has 1 amide bonds. The van der Waals surface area contributed by atoms with Crippen LogP contribution in [0.3, 0.4) is 0 Å². The van der Waals surface area contributed by atoms with Crippen molar-refractivity contribution in [1.29, 1.82) is 0 Å². The van der Waals surface area contributed by atoms with Gasteiger partial charge in [-0.05, 0) is 30.5 Å². The Labute approximate surface area is 137 Å². The Morgan fingerprint density at radius 2 is 1.92 bits per heavy atom. The standard InChI is InChI=1S/C16H17F2NO5/c17-10-2-1-9(7-11(10)18)14-8-19(5-6-23-14)15(20)12-3-4-13(24-12)16(21)22/h1-2,7,12-14H,3-6,8H2,(H,21,22)/t12-,13+,14?/m0/s1. The van der Waals surface area contributed by atoms with Crippen LogP contribution in [0.25, 0.3) is 0 Å². The summed E-state index contributed by atoms with van der Waals surface area (Å²) in [6.45, 7) is 0.780. The summed E-state index contributed by atoms with van der Waals surface area (Å²) in [5.74, 6) is -3.29. The summed E-state index contributed by atoms with van der Waals surface area (Å²) in [6, 6.07) is 3.50. The molecule has 0 spiro atoms. The van der Waals surface area contributed by atoms with Gasteiger partial charge < -0.3 is 19.5 Å². The number of hydrogen-bond acceptors (Lipinski definition) is 4. The van der Waals surface area contributed by atoms with Gasteiger partial charge in [-0.25, -0.2) is 13.6 Å². The van der Waals surface area contributed by atoms with Crippen molar-refractivity contribution >= 4 is 11.9 Å². The second kappa shape index (κ2) is 6.82. The number of carbonyl (C=O) groups is 2. The van der Waals surface area contributed by atoms with Crippen molar-refractivity contribution in [3.05, 3.63) is 35.4 Å². The highest BCUT2D eigenvalue weighted by atomic mass is 19.2. The van der Waals surface area contributed by atoms with E-state index in [4.69, 9.17) is 14.6 Å². The SMILES string of the molecule is O=C(O)[C@H]1CC[C@@H](C(=O)N2CCOC(c3ccc(F)c(F)c3)C2)O1. The first kappa shape index (κ1) is 16.8. The second-order valence-corrected chi connectivity index (χ2v) is 5.85. The number of nitrogens with zero attached hydrogens (tertiary/aromatic N) is 1. The van der Waals surface area contributed by atoms with Gasteiger partial charge in [0.15, 0.2) is 17.7 Å². The highest BCUT2D eigenvalue weighted by Gasteiger charge is 2.38. The van der Waals surface area contributed by atoms with E-state index in [0.29, 0.717) is 24.9 Å². The van der Waals surface area contributed by atoms with Crippen LogP contribution in [-0.4, -0.2) is 53.8 Å². The van der Waals surface area contributed by atoms with Crippen LogP contribution in [0.5, 0.6) is 0 Å². The fourth-order valence-corrected chi connectivity index (χ4v) is 2.97. The van der Waals surface area contributed by atoms with Gasteiger partial charge in [-0.3, -0.25) is 4.79 Å². The lowest BCUT2D eigenvalue weighted by Gasteiger charge is -2.34. The molecule has 3 rings (SSSR count). The third-order valence-corrected chi connectivity index (χ3v) is 4.26. The summed E-state index contributed by atoms with van der Waals surface area (Å²) in [7, 11) is 0. The highest BCUT2D eigenvalue weighted by Crippen LogP contribution is 2.27. The van der Waals surface area contributed by atoms with Crippen LogP contribution < -0.4 is 0 Å². The van der Waals surface area contributed by atoms with Crippen molar-refractivity contribution in [1.82, 2.24) is 4.90 Å². The van der Waals surface area contributed by atoms with Crippen LogP contribution in [0.1, 0.15) is 24.5 Å². The fraction of sp³-hybridized carbons (Fsp3) is 0.500. The van der Waals surface area contributed by atoms with Crippen LogP contribution in [0.2, 0.25) is 0 Å². The van der Waals surface area contributed by atoms with Crippen molar-refractivity contribution in [2.45, 2.75) is 31.2 Å². The zero-order chi connectivity index (χ0) is 17.3.